The molecule has 68 valence electrons. The third-order valence-corrected chi connectivity index (χ3v) is 1.53. The van der Waals surface area contributed by atoms with E-state index in [-0.39, 0.29) is 12.5 Å². The Hall–Kier alpha value is -1.03. The lowest BCUT2D eigenvalue weighted by atomic mass is 10.2. The van der Waals surface area contributed by atoms with Crippen molar-refractivity contribution >= 4 is 0 Å². The molecule has 0 saturated heterocycles. The van der Waals surface area contributed by atoms with Crippen LogP contribution in [0.3, 0.4) is 0 Å². The fourth-order valence-electron chi connectivity index (χ4n) is 0.765. The first-order valence-electron chi connectivity index (χ1n) is 3.94. The standard InChI is InChI=1S/C8H14N2O2/c1-7(5-11)6-12-8-3-9-10(2)4-8/h3-4,7,11H,5-6H2,1-2H3. The predicted molar refractivity (Wildman–Crippen MR) is 45.0 cm³/mol. The number of rotatable bonds is 4. The van der Waals surface area contributed by atoms with Crippen LogP contribution in [0.2, 0.25) is 0 Å². The fourth-order valence-corrected chi connectivity index (χ4v) is 0.765. The van der Waals surface area contributed by atoms with E-state index >= 15 is 0 Å². The van der Waals surface area contributed by atoms with Crippen molar-refractivity contribution in [3.8, 4) is 5.75 Å². The van der Waals surface area contributed by atoms with Gasteiger partial charge in [0.05, 0.1) is 19.0 Å². The molecule has 1 N–H and O–H groups in total. The number of hydrogen-bond donors (Lipinski definition) is 1. The second-order valence-corrected chi connectivity index (χ2v) is 2.95. The highest BCUT2D eigenvalue weighted by atomic mass is 16.5. The monoisotopic (exact) mass is 170 g/mol. The van der Waals surface area contributed by atoms with E-state index in [2.05, 4.69) is 5.10 Å². The number of aliphatic hydroxyl groups excluding tert-OH is 1. The molecule has 1 rings (SSSR count). The van der Waals surface area contributed by atoms with E-state index in [0.29, 0.717) is 6.61 Å². The van der Waals surface area contributed by atoms with E-state index in [0.717, 1.165) is 5.75 Å². The first-order valence-corrected chi connectivity index (χ1v) is 3.94. The summed E-state index contributed by atoms with van der Waals surface area (Å²) in [5.41, 5.74) is 0. The van der Waals surface area contributed by atoms with E-state index in [1.807, 2.05) is 14.0 Å². The molecular weight excluding hydrogens is 156 g/mol. The topological polar surface area (TPSA) is 47.3 Å². The molecule has 0 aliphatic heterocycles. The molecule has 0 amide bonds. The van der Waals surface area contributed by atoms with Crippen LogP contribution < -0.4 is 4.74 Å². The SMILES string of the molecule is CC(CO)COc1cnn(C)c1. The molecule has 1 heterocycles. The van der Waals surface area contributed by atoms with Gasteiger partial charge in [0.15, 0.2) is 5.75 Å². The number of hydrogen-bond acceptors (Lipinski definition) is 3. The third-order valence-electron chi connectivity index (χ3n) is 1.53. The zero-order valence-corrected chi connectivity index (χ0v) is 7.40. The molecule has 1 aromatic rings. The van der Waals surface area contributed by atoms with Crippen molar-refractivity contribution in [2.75, 3.05) is 13.2 Å². The van der Waals surface area contributed by atoms with E-state index in [1.165, 1.54) is 0 Å². The summed E-state index contributed by atoms with van der Waals surface area (Å²) in [6.07, 6.45) is 3.45. The maximum absolute atomic E-state index is 8.72. The maximum atomic E-state index is 8.72. The normalized spacial score (nSPS) is 12.9. The Morgan fingerprint density at radius 2 is 2.50 bits per heavy atom. The van der Waals surface area contributed by atoms with Gasteiger partial charge < -0.3 is 9.84 Å². The van der Waals surface area contributed by atoms with Gasteiger partial charge in [0.25, 0.3) is 0 Å². The predicted octanol–water partition coefficient (Wildman–Crippen LogP) is 0.427. The molecule has 1 atom stereocenters. The Labute approximate surface area is 71.8 Å². The van der Waals surface area contributed by atoms with Crippen LogP contribution in [0.15, 0.2) is 12.4 Å². The number of aryl methyl sites for hydroxylation is 1. The zero-order valence-electron chi connectivity index (χ0n) is 7.40. The number of ether oxygens (including phenoxy) is 1. The molecule has 0 bridgehead atoms. The van der Waals surface area contributed by atoms with E-state index in [9.17, 15) is 0 Å². The Morgan fingerprint density at radius 3 is 3.00 bits per heavy atom. The first kappa shape index (κ1) is 9.06. The molecule has 4 nitrogen and oxygen atoms in total. The van der Waals surface area contributed by atoms with Gasteiger partial charge in [-0.15, -0.1) is 0 Å². The van der Waals surface area contributed by atoms with Crippen molar-refractivity contribution in [3.63, 3.8) is 0 Å². The fraction of sp³-hybridized carbons (Fsp3) is 0.625. The van der Waals surface area contributed by atoms with Crippen LogP contribution in [-0.2, 0) is 7.05 Å². The molecule has 1 unspecified atom stereocenters. The van der Waals surface area contributed by atoms with Crippen molar-refractivity contribution < 1.29 is 9.84 Å². The van der Waals surface area contributed by atoms with E-state index in [1.54, 1.807) is 17.1 Å². The Kier molecular flexibility index (Phi) is 3.10. The zero-order chi connectivity index (χ0) is 8.97. The Bertz CT molecular complexity index is 235. The third kappa shape index (κ3) is 2.54. The van der Waals surface area contributed by atoms with Crippen molar-refractivity contribution in [3.05, 3.63) is 12.4 Å². The summed E-state index contributed by atoms with van der Waals surface area (Å²) in [5, 5.41) is 12.7. The largest absolute Gasteiger partial charge is 0.490 e. The van der Waals surface area contributed by atoms with Gasteiger partial charge in [-0.2, -0.15) is 5.10 Å². The van der Waals surface area contributed by atoms with Crippen LogP contribution in [-0.4, -0.2) is 28.1 Å². The van der Waals surface area contributed by atoms with E-state index < -0.39 is 0 Å². The smallest absolute Gasteiger partial charge is 0.157 e. The second-order valence-electron chi connectivity index (χ2n) is 2.95. The highest BCUT2D eigenvalue weighted by Crippen LogP contribution is 2.08. The van der Waals surface area contributed by atoms with Gasteiger partial charge in [-0.25, -0.2) is 0 Å². The minimum atomic E-state index is 0.153. The summed E-state index contributed by atoms with van der Waals surface area (Å²) < 4.78 is 7.02. The van der Waals surface area contributed by atoms with Gasteiger partial charge in [-0.05, 0) is 0 Å². The Morgan fingerprint density at radius 1 is 1.75 bits per heavy atom. The van der Waals surface area contributed by atoms with Crippen LogP contribution in [0.25, 0.3) is 0 Å². The van der Waals surface area contributed by atoms with Crippen molar-refractivity contribution in [1.82, 2.24) is 9.78 Å². The summed E-state index contributed by atoms with van der Waals surface area (Å²) in [5.74, 6) is 0.919. The van der Waals surface area contributed by atoms with Crippen LogP contribution in [0, 0.1) is 5.92 Å². The molecular formula is C8H14N2O2. The molecule has 0 aliphatic rings. The molecule has 4 heteroatoms. The average Bonchev–Trinajstić information content (AvgIpc) is 2.47. The maximum Gasteiger partial charge on any atom is 0.157 e. The van der Waals surface area contributed by atoms with Crippen molar-refractivity contribution in [2.24, 2.45) is 13.0 Å². The minimum Gasteiger partial charge on any atom is -0.490 e. The second kappa shape index (κ2) is 4.11. The average molecular weight is 170 g/mol. The molecule has 0 saturated carbocycles. The Balaban J connectivity index is 2.33. The molecule has 12 heavy (non-hydrogen) atoms. The highest BCUT2D eigenvalue weighted by Gasteiger charge is 2.01. The number of aliphatic hydroxyl groups is 1. The number of nitrogens with zero attached hydrogens (tertiary/aromatic N) is 2. The molecule has 0 aromatic carbocycles. The van der Waals surface area contributed by atoms with Gasteiger partial charge in [0, 0.05) is 19.6 Å². The van der Waals surface area contributed by atoms with Gasteiger partial charge in [-0.3, -0.25) is 4.68 Å². The first-order chi connectivity index (χ1) is 5.72. The van der Waals surface area contributed by atoms with E-state index in [4.69, 9.17) is 9.84 Å². The highest BCUT2D eigenvalue weighted by molar-refractivity contribution is 5.11. The summed E-state index contributed by atoms with van der Waals surface area (Å²) >= 11 is 0. The van der Waals surface area contributed by atoms with Crippen LogP contribution >= 0.6 is 0 Å². The van der Waals surface area contributed by atoms with Gasteiger partial charge >= 0.3 is 0 Å². The van der Waals surface area contributed by atoms with Gasteiger partial charge in [-0.1, -0.05) is 6.92 Å². The van der Waals surface area contributed by atoms with Gasteiger partial charge in [0.1, 0.15) is 0 Å². The molecule has 0 fully saturated rings. The lowest BCUT2D eigenvalue weighted by Gasteiger charge is -2.07. The summed E-state index contributed by atoms with van der Waals surface area (Å²) in [6.45, 7) is 2.61. The molecule has 0 spiro atoms. The molecule has 0 aliphatic carbocycles. The van der Waals surface area contributed by atoms with Crippen molar-refractivity contribution in [1.29, 1.82) is 0 Å². The summed E-state index contributed by atoms with van der Waals surface area (Å²) in [7, 11) is 1.84. The summed E-state index contributed by atoms with van der Waals surface area (Å²) in [6, 6.07) is 0. The van der Waals surface area contributed by atoms with Gasteiger partial charge in [0.2, 0.25) is 0 Å². The lowest BCUT2D eigenvalue weighted by Crippen LogP contribution is -2.11. The summed E-state index contributed by atoms with van der Waals surface area (Å²) in [4.78, 5) is 0. The van der Waals surface area contributed by atoms with Crippen molar-refractivity contribution in [2.45, 2.75) is 6.92 Å². The molecule has 0 radical (unpaired) electrons. The number of aromatic nitrogens is 2. The van der Waals surface area contributed by atoms with Crippen LogP contribution in [0.4, 0.5) is 0 Å². The molecule has 1 aromatic heterocycles. The quantitative estimate of drug-likeness (QED) is 0.712. The lowest BCUT2D eigenvalue weighted by molar-refractivity contribution is 0.174. The minimum absolute atomic E-state index is 0.153. The van der Waals surface area contributed by atoms with Crippen LogP contribution in [0.1, 0.15) is 6.92 Å². The van der Waals surface area contributed by atoms with Crippen LogP contribution in [0.5, 0.6) is 5.75 Å².